The number of carbonyl (C=O) groups is 1. The van der Waals surface area contributed by atoms with Crippen molar-refractivity contribution < 1.29 is 9.53 Å². The van der Waals surface area contributed by atoms with Crippen LogP contribution in [0, 0.1) is 25.2 Å². The number of carbonyl (C=O) groups excluding carboxylic acids is 1. The number of hydrogen-bond acceptors (Lipinski definition) is 3. The van der Waals surface area contributed by atoms with Gasteiger partial charge in [0, 0.05) is 15.3 Å². The average Bonchev–Trinajstić information content (AvgIpc) is 2.63. The first-order chi connectivity index (χ1) is 9.27. The summed E-state index contributed by atoms with van der Waals surface area (Å²) in [5.74, 6) is 0.812. The van der Waals surface area contributed by atoms with Gasteiger partial charge in [-0.15, -0.1) is 11.3 Å². The van der Waals surface area contributed by atoms with Crippen molar-refractivity contribution in [2.45, 2.75) is 60.0 Å². The molecule has 0 radical (unpaired) electrons. The smallest absolute Gasteiger partial charge is 0.189 e. The van der Waals surface area contributed by atoms with Gasteiger partial charge in [-0.05, 0) is 50.5 Å². The molecule has 1 saturated carbocycles. The van der Waals surface area contributed by atoms with Gasteiger partial charge in [-0.3, -0.25) is 4.79 Å². The summed E-state index contributed by atoms with van der Waals surface area (Å²) in [6.45, 7) is 11.2. The summed E-state index contributed by atoms with van der Waals surface area (Å²) in [6.07, 6.45) is 3.63. The van der Waals surface area contributed by atoms with Gasteiger partial charge < -0.3 is 4.74 Å². The van der Waals surface area contributed by atoms with Gasteiger partial charge in [0.15, 0.2) is 5.78 Å². The molecule has 0 N–H and O–H groups in total. The Hall–Kier alpha value is -0.670. The van der Waals surface area contributed by atoms with E-state index in [2.05, 4.69) is 20.8 Å². The Labute approximate surface area is 126 Å². The minimum Gasteiger partial charge on any atom is -0.370 e. The Bertz CT molecular complexity index is 487. The van der Waals surface area contributed by atoms with Crippen molar-refractivity contribution >= 4 is 17.1 Å². The molecule has 0 amide bonds. The van der Waals surface area contributed by atoms with Crippen molar-refractivity contribution in [1.29, 1.82) is 0 Å². The maximum Gasteiger partial charge on any atom is 0.189 e. The first-order valence-corrected chi connectivity index (χ1v) is 8.30. The molecular formula is C17H26O2S. The lowest BCUT2D eigenvalue weighted by Crippen LogP contribution is -2.33. The summed E-state index contributed by atoms with van der Waals surface area (Å²) in [5.41, 5.74) is 1.18. The molecule has 1 aromatic rings. The van der Waals surface area contributed by atoms with E-state index in [-0.39, 0.29) is 18.5 Å². The molecule has 0 saturated heterocycles. The summed E-state index contributed by atoms with van der Waals surface area (Å²) < 4.78 is 5.92. The molecule has 1 fully saturated rings. The summed E-state index contributed by atoms with van der Waals surface area (Å²) in [7, 11) is 0. The molecule has 1 heterocycles. The average molecular weight is 294 g/mol. The second-order valence-electron chi connectivity index (χ2n) is 7.10. The SMILES string of the molecule is Cc1cc(C(=O)COC2CC(C)CC(C)(C)C2)c(C)s1. The normalized spacial score (nSPS) is 25.6. The molecule has 0 aromatic carbocycles. The summed E-state index contributed by atoms with van der Waals surface area (Å²) in [5, 5.41) is 0. The van der Waals surface area contributed by atoms with Gasteiger partial charge in [-0.25, -0.2) is 0 Å². The van der Waals surface area contributed by atoms with Crippen LogP contribution >= 0.6 is 11.3 Å². The molecule has 0 bridgehead atoms. The first kappa shape index (κ1) is 15.7. The highest BCUT2D eigenvalue weighted by Crippen LogP contribution is 2.39. The van der Waals surface area contributed by atoms with Crippen molar-refractivity contribution in [1.82, 2.24) is 0 Å². The topological polar surface area (TPSA) is 26.3 Å². The largest absolute Gasteiger partial charge is 0.370 e. The molecule has 20 heavy (non-hydrogen) atoms. The fourth-order valence-electron chi connectivity index (χ4n) is 3.56. The Morgan fingerprint density at radius 3 is 2.65 bits per heavy atom. The fraction of sp³-hybridized carbons (Fsp3) is 0.706. The van der Waals surface area contributed by atoms with Crippen LogP contribution < -0.4 is 0 Å². The highest BCUT2D eigenvalue weighted by Gasteiger charge is 2.32. The highest BCUT2D eigenvalue weighted by molar-refractivity contribution is 7.12. The maximum atomic E-state index is 12.2. The van der Waals surface area contributed by atoms with Crippen LogP contribution in [-0.2, 0) is 4.74 Å². The van der Waals surface area contributed by atoms with Crippen LogP contribution in [0.4, 0.5) is 0 Å². The fourth-order valence-corrected chi connectivity index (χ4v) is 4.51. The lowest BCUT2D eigenvalue weighted by atomic mass is 9.71. The molecule has 2 atom stereocenters. The van der Waals surface area contributed by atoms with Gasteiger partial charge in [0.25, 0.3) is 0 Å². The van der Waals surface area contributed by atoms with E-state index < -0.39 is 0 Å². The minimum atomic E-state index is 0.128. The lowest BCUT2D eigenvalue weighted by Gasteiger charge is -2.38. The predicted octanol–water partition coefficient (Wildman–Crippen LogP) is 4.78. The number of rotatable bonds is 4. The zero-order chi connectivity index (χ0) is 14.9. The molecule has 0 spiro atoms. The second-order valence-corrected chi connectivity index (χ2v) is 8.56. The van der Waals surface area contributed by atoms with E-state index in [9.17, 15) is 4.79 Å². The molecular weight excluding hydrogens is 268 g/mol. The molecule has 2 unspecified atom stereocenters. The molecule has 2 nitrogen and oxygen atoms in total. The van der Waals surface area contributed by atoms with E-state index >= 15 is 0 Å². The van der Waals surface area contributed by atoms with Crippen molar-refractivity contribution in [3.05, 3.63) is 21.4 Å². The van der Waals surface area contributed by atoms with Gasteiger partial charge in [-0.2, -0.15) is 0 Å². The Kier molecular flexibility index (Phi) is 4.70. The van der Waals surface area contributed by atoms with Gasteiger partial charge in [0.05, 0.1) is 6.10 Å². The molecule has 1 aliphatic carbocycles. The monoisotopic (exact) mass is 294 g/mol. The zero-order valence-electron chi connectivity index (χ0n) is 13.3. The number of hydrogen-bond donors (Lipinski definition) is 0. The van der Waals surface area contributed by atoms with Crippen LogP contribution in [0.2, 0.25) is 0 Å². The van der Waals surface area contributed by atoms with Crippen LogP contribution in [0.3, 0.4) is 0 Å². The van der Waals surface area contributed by atoms with E-state index in [1.807, 2.05) is 19.9 Å². The summed E-state index contributed by atoms with van der Waals surface area (Å²) >= 11 is 1.68. The molecule has 0 aliphatic heterocycles. The number of ether oxygens (including phenoxy) is 1. The summed E-state index contributed by atoms with van der Waals surface area (Å²) in [4.78, 5) is 14.5. The third kappa shape index (κ3) is 3.92. The predicted molar refractivity (Wildman–Crippen MR) is 84.7 cm³/mol. The highest BCUT2D eigenvalue weighted by atomic mass is 32.1. The molecule has 2 rings (SSSR count). The Morgan fingerprint density at radius 2 is 2.10 bits per heavy atom. The van der Waals surface area contributed by atoms with Crippen molar-refractivity contribution in [3.63, 3.8) is 0 Å². The minimum absolute atomic E-state index is 0.128. The van der Waals surface area contributed by atoms with E-state index in [1.54, 1.807) is 11.3 Å². The third-order valence-corrected chi connectivity index (χ3v) is 5.10. The van der Waals surface area contributed by atoms with Crippen LogP contribution in [0.5, 0.6) is 0 Å². The standard InChI is InChI=1S/C17H26O2S/c1-11-6-14(9-17(4,5)8-11)19-10-16(18)15-7-12(2)20-13(15)3/h7,11,14H,6,8-10H2,1-5H3. The third-order valence-electron chi connectivity index (χ3n) is 4.14. The first-order valence-electron chi connectivity index (χ1n) is 7.49. The Balaban J connectivity index is 1.92. The summed E-state index contributed by atoms with van der Waals surface area (Å²) in [6, 6.07) is 1.99. The van der Waals surface area contributed by atoms with Crippen LogP contribution in [0.25, 0.3) is 0 Å². The van der Waals surface area contributed by atoms with Crippen LogP contribution in [0.1, 0.15) is 60.1 Å². The maximum absolute atomic E-state index is 12.2. The van der Waals surface area contributed by atoms with Crippen molar-refractivity contribution in [3.8, 4) is 0 Å². The van der Waals surface area contributed by atoms with Crippen LogP contribution in [0.15, 0.2) is 6.07 Å². The molecule has 1 aromatic heterocycles. The van der Waals surface area contributed by atoms with Gasteiger partial charge in [0.2, 0.25) is 0 Å². The van der Waals surface area contributed by atoms with E-state index in [0.29, 0.717) is 11.3 Å². The van der Waals surface area contributed by atoms with E-state index in [4.69, 9.17) is 4.74 Å². The number of thiophene rings is 1. The van der Waals surface area contributed by atoms with Gasteiger partial charge in [-0.1, -0.05) is 20.8 Å². The van der Waals surface area contributed by atoms with Crippen molar-refractivity contribution in [2.75, 3.05) is 6.61 Å². The molecule has 3 heteroatoms. The van der Waals surface area contributed by atoms with Gasteiger partial charge >= 0.3 is 0 Å². The number of ketones is 1. The Morgan fingerprint density at radius 1 is 1.40 bits per heavy atom. The number of aryl methyl sites for hydroxylation is 2. The van der Waals surface area contributed by atoms with E-state index in [0.717, 1.165) is 23.3 Å². The lowest BCUT2D eigenvalue weighted by molar-refractivity contribution is -0.0167. The second kappa shape index (κ2) is 5.98. The van der Waals surface area contributed by atoms with Crippen LogP contribution in [-0.4, -0.2) is 18.5 Å². The molecule has 1 aliphatic rings. The molecule has 112 valence electrons. The van der Waals surface area contributed by atoms with Gasteiger partial charge in [0.1, 0.15) is 6.61 Å². The van der Waals surface area contributed by atoms with Crippen molar-refractivity contribution in [2.24, 2.45) is 11.3 Å². The van der Waals surface area contributed by atoms with E-state index in [1.165, 1.54) is 11.3 Å². The quantitative estimate of drug-likeness (QED) is 0.747. The number of Topliss-reactive ketones (excluding diaryl/α,β-unsaturated/α-hetero) is 1. The zero-order valence-corrected chi connectivity index (χ0v) is 14.1.